The van der Waals surface area contributed by atoms with Gasteiger partial charge < -0.3 is 4.57 Å². The quantitative estimate of drug-likeness (QED) is 0.548. The molecule has 0 N–H and O–H groups in total. The predicted octanol–water partition coefficient (Wildman–Crippen LogP) is 3.79. The maximum absolute atomic E-state index is 4.95. The van der Waals surface area contributed by atoms with E-state index in [4.69, 9.17) is 4.98 Å². The van der Waals surface area contributed by atoms with Crippen molar-refractivity contribution in [1.82, 2.24) is 24.0 Å². The fourth-order valence-electron chi connectivity index (χ4n) is 4.62. The molecule has 27 heavy (non-hydrogen) atoms. The molecule has 136 valence electrons. The van der Waals surface area contributed by atoms with Gasteiger partial charge in [-0.3, -0.25) is 9.47 Å². The van der Waals surface area contributed by atoms with Crippen LogP contribution in [0.1, 0.15) is 25.1 Å². The summed E-state index contributed by atoms with van der Waals surface area (Å²) in [5.41, 5.74) is 5.68. The van der Waals surface area contributed by atoms with Crippen LogP contribution in [-0.4, -0.2) is 43.1 Å². The van der Waals surface area contributed by atoms with E-state index < -0.39 is 0 Å². The molecule has 0 radical (unpaired) electrons. The van der Waals surface area contributed by atoms with E-state index in [0.717, 1.165) is 54.3 Å². The fourth-order valence-corrected chi connectivity index (χ4v) is 4.62. The Morgan fingerprint density at radius 2 is 1.81 bits per heavy atom. The number of hydrogen-bond acceptors (Lipinski definition) is 3. The fraction of sp³-hybridized carbons (Fsp3) is 0.364. The summed E-state index contributed by atoms with van der Waals surface area (Å²) in [4.78, 5) is 12.2. The van der Waals surface area contributed by atoms with E-state index in [1.165, 1.54) is 30.6 Å². The van der Waals surface area contributed by atoms with Gasteiger partial charge in [0.1, 0.15) is 12.2 Å². The number of rotatable bonds is 2. The average molecular weight is 357 g/mol. The highest BCUT2D eigenvalue weighted by Gasteiger charge is 2.27. The molecule has 2 aromatic heterocycles. The van der Waals surface area contributed by atoms with Gasteiger partial charge in [-0.25, -0.2) is 9.97 Å². The molecular weight excluding hydrogens is 334 g/mol. The van der Waals surface area contributed by atoms with Crippen LogP contribution in [0.25, 0.3) is 27.8 Å². The van der Waals surface area contributed by atoms with E-state index in [9.17, 15) is 0 Å². The summed E-state index contributed by atoms with van der Waals surface area (Å²) < 4.78 is 4.61. The van der Waals surface area contributed by atoms with Crippen molar-refractivity contribution in [2.24, 2.45) is 0 Å². The molecule has 0 saturated heterocycles. The lowest BCUT2D eigenvalue weighted by Gasteiger charge is -2.36. The molecule has 3 heterocycles. The van der Waals surface area contributed by atoms with Crippen LogP contribution in [0.3, 0.4) is 0 Å². The Morgan fingerprint density at radius 3 is 2.70 bits per heavy atom. The third kappa shape index (κ3) is 2.42. The van der Waals surface area contributed by atoms with Crippen molar-refractivity contribution < 1.29 is 0 Å². The number of para-hydroxylation sites is 2. The normalized spacial score (nSPS) is 18.5. The molecule has 1 aliphatic carbocycles. The second-order valence-electron chi connectivity index (χ2n) is 7.83. The second-order valence-corrected chi connectivity index (χ2v) is 7.83. The number of hydrogen-bond donors (Lipinski definition) is 0. The summed E-state index contributed by atoms with van der Waals surface area (Å²) in [6.07, 6.45) is 7.12. The molecule has 0 bridgehead atoms. The first-order valence-electron chi connectivity index (χ1n) is 10.0. The van der Waals surface area contributed by atoms with Gasteiger partial charge in [-0.2, -0.15) is 0 Å². The van der Waals surface area contributed by atoms with E-state index >= 15 is 0 Å². The van der Waals surface area contributed by atoms with Gasteiger partial charge in [0.25, 0.3) is 0 Å². The first-order chi connectivity index (χ1) is 13.4. The van der Waals surface area contributed by atoms with Gasteiger partial charge in [0.15, 0.2) is 0 Å². The van der Waals surface area contributed by atoms with Crippen LogP contribution in [0.5, 0.6) is 0 Å². The standard InChI is InChI=1S/C22H23N5/c1-2-7-20-18(6-1)23-15-27(20)17-8-9-19-21(14-17)26-13-12-25(16-4-3-5-16)11-10-22(26)24-19/h1-2,6-9,14-16H,3-5,10-13H2. The van der Waals surface area contributed by atoms with Gasteiger partial charge in [0.05, 0.1) is 22.1 Å². The van der Waals surface area contributed by atoms with Crippen molar-refractivity contribution in [3.8, 4) is 5.69 Å². The van der Waals surface area contributed by atoms with Gasteiger partial charge in [-0.1, -0.05) is 18.6 Å². The lowest BCUT2D eigenvalue weighted by atomic mass is 9.91. The highest BCUT2D eigenvalue weighted by atomic mass is 15.2. The molecule has 1 aliphatic heterocycles. The summed E-state index contributed by atoms with van der Waals surface area (Å²) in [6.45, 7) is 3.32. The van der Waals surface area contributed by atoms with Crippen molar-refractivity contribution in [2.45, 2.75) is 38.3 Å². The molecule has 2 aliphatic rings. The minimum absolute atomic E-state index is 0.814. The van der Waals surface area contributed by atoms with Crippen LogP contribution in [0.15, 0.2) is 48.8 Å². The second kappa shape index (κ2) is 5.92. The molecule has 0 amide bonds. The van der Waals surface area contributed by atoms with Gasteiger partial charge in [0.2, 0.25) is 0 Å². The molecule has 0 atom stereocenters. The monoisotopic (exact) mass is 357 g/mol. The smallest absolute Gasteiger partial charge is 0.111 e. The molecule has 0 spiro atoms. The largest absolute Gasteiger partial charge is 0.327 e. The van der Waals surface area contributed by atoms with Gasteiger partial charge >= 0.3 is 0 Å². The zero-order valence-electron chi connectivity index (χ0n) is 15.4. The summed E-state index contributed by atoms with van der Waals surface area (Å²) in [5, 5.41) is 0. The number of benzene rings is 2. The number of nitrogens with zero attached hydrogens (tertiary/aromatic N) is 5. The Morgan fingerprint density at radius 1 is 0.889 bits per heavy atom. The van der Waals surface area contributed by atoms with Crippen LogP contribution in [-0.2, 0) is 13.0 Å². The van der Waals surface area contributed by atoms with Gasteiger partial charge in [-0.15, -0.1) is 0 Å². The summed E-state index contributed by atoms with van der Waals surface area (Å²) in [5.74, 6) is 1.24. The van der Waals surface area contributed by atoms with Crippen LogP contribution in [0, 0.1) is 0 Å². The molecule has 5 nitrogen and oxygen atoms in total. The minimum atomic E-state index is 0.814. The third-order valence-electron chi connectivity index (χ3n) is 6.37. The Balaban J connectivity index is 1.41. The van der Waals surface area contributed by atoms with Crippen LogP contribution >= 0.6 is 0 Å². The molecule has 4 aromatic rings. The maximum Gasteiger partial charge on any atom is 0.111 e. The topological polar surface area (TPSA) is 38.9 Å². The van der Waals surface area contributed by atoms with E-state index in [1.807, 2.05) is 12.4 Å². The third-order valence-corrected chi connectivity index (χ3v) is 6.37. The highest BCUT2D eigenvalue weighted by molar-refractivity contribution is 5.82. The van der Waals surface area contributed by atoms with Gasteiger partial charge in [-0.05, 0) is 43.2 Å². The Labute approximate surface area is 158 Å². The SMILES string of the molecule is c1ccc2c(c1)ncn2-c1ccc2nc3n(c2c1)CCN(C1CCC1)CC3. The van der Waals surface area contributed by atoms with E-state index in [1.54, 1.807) is 0 Å². The molecular formula is C22H23N5. The number of fused-ring (bicyclic) bond motifs is 4. The number of aromatic nitrogens is 4. The minimum Gasteiger partial charge on any atom is -0.327 e. The number of imidazole rings is 2. The van der Waals surface area contributed by atoms with Crippen LogP contribution in [0.2, 0.25) is 0 Å². The van der Waals surface area contributed by atoms with Crippen molar-refractivity contribution in [1.29, 1.82) is 0 Å². The summed E-state index contributed by atoms with van der Waals surface area (Å²) >= 11 is 0. The Bertz CT molecular complexity index is 1130. The zero-order valence-corrected chi connectivity index (χ0v) is 15.4. The van der Waals surface area contributed by atoms with Crippen molar-refractivity contribution in [3.63, 3.8) is 0 Å². The predicted molar refractivity (Wildman–Crippen MR) is 107 cm³/mol. The lowest BCUT2D eigenvalue weighted by Crippen LogP contribution is -2.41. The van der Waals surface area contributed by atoms with Crippen molar-refractivity contribution in [2.75, 3.05) is 13.1 Å². The van der Waals surface area contributed by atoms with E-state index in [-0.39, 0.29) is 0 Å². The van der Waals surface area contributed by atoms with Crippen molar-refractivity contribution >= 4 is 22.1 Å². The summed E-state index contributed by atoms with van der Waals surface area (Å²) in [6, 6.07) is 15.7. The summed E-state index contributed by atoms with van der Waals surface area (Å²) in [7, 11) is 0. The molecule has 2 aromatic carbocycles. The zero-order chi connectivity index (χ0) is 17.8. The Hall–Kier alpha value is -2.66. The van der Waals surface area contributed by atoms with Crippen molar-refractivity contribution in [3.05, 3.63) is 54.6 Å². The first-order valence-corrected chi connectivity index (χ1v) is 10.0. The van der Waals surface area contributed by atoms with Gasteiger partial charge in [0, 0.05) is 37.8 Å². The molecule has 5 heteroatoms. The molecule has 1 saturated carbocycles. The van der Waals surface area contributed by atoms with Crippen LogP contribution < -0.4 is 0 Å². The molecule has 6 rings (SSSR count). The molecule has 1 fully saturated rings. The lowest BCUT2D eigenvalue weighted by molar-refractivity contribution is 0.130. The highest BCUT2D eigenvalue weighted by Crippen LogP contribution is 2.28. The van der Waals surface area contributed by atoms with E-state index in [0.29, 0.717) is 0 Å². The molecule has 0 unspecified atom stereocenters. The maximum atomic E-state index is 4.95. The Kier molecular flexibility index (Phi) is 3.38. The average Bonchev–Trinajstić information content (AvgIpc) is 3.17. The van der Waals surface area contributed by atoms with Crippen LogP contribution in [0.4, 0.5) is 0 Å². The van der Waals surface area contributed by atoms with E-state index in [2.05, 4.69) is 55.4 Å². The first kappa shape index (κ1) is 15.4.